The van der Waals surface area contributed by atoms with Crippen molar-refractivity contribution in [3.8, 4) is 5.75 Å². The summed E-state index contributed by atoms with van der Waals surface area (Å²) in [5.41, 5.74) is 0.970. The predicted octanol–water partition coefficient (Wildman–Crippen LogP) is 2.04. The molecule has 0 saturated carbocycles. The molecule has 2 aliphatic rings. The van der Waals surface area contributed by atoms with E-state index in [1.54, 1.807) is 25.3 Å². The lowest BCUT2D eigenvalue weighted by atomic mass is 10.0. The Bertz CT molecular complexity index is 518. The summed E-state index contributed by atoms with van der Waals surface area (Å²) in [4.78, 5) is 13.8. The van der Waals surface area contributed by atoms with Crippen molar-refractivity contribution in [1.82, 2.24) is 4.90 Å². The molecule has 2 atom stereocenters. The van der Waals surface area contributed by atoms with Gasteiger partial charge in [-0.3, -0.25) is 4.90 Å². The number of nitrogens with zero attached hydrogens (tertiary/aromatic N) is 1. The quantitative estimate of drug-likeness (QED) is 0.881. The number of fused-ring (bicyclic) bond motifs is 1. The zero-order valence-electron chi connectivity index (χ0n) is 11.6. The maximum atomic E-state index is 11.3. The maximum Gasteiger partial charge on any atom is 0.337 e. The van der Waals surface area contributed by atoms with Crippen LogP contribution in [0.25, 0.3) is 0 Å². The SMILES string of the molecule is COc1ccc(C(=O)O)c(NC2CCN3CCCC23)c1. The second-order valence-corrected chi connectivity index (χ2v) is 5.50. The van der Waals surface area contributed by atoms with Gasteiger partial charge in [-0.2, -0.15) is 0 Å². The fraction of sp³-hybridized carbons (Fsp3) is 0.533. The lowest BCUT2D eigenvalue weighted by molar-refractivity contribution is 0.0698. The molecule has 0 aliphatic carbocycles. The van der Waals surface area contributed by atoms with Crippen molar-refractivity contribution in [2.45, 2.75) is 31.3 Å². The van der Waals surface area contributed by atoms with E-state index in [9.17, 15) is 9.90 Å². The molecule has 2 N–H and O–H groups in total. The van der Waals surface area contributed by atoms with Crippen LogP contribution in [0.15, 0.2) is 18.2 Å². The number of carboxylic acids is 1. The zero-order valence-corrected chi connectivity index (χ0v) is 11.6. The summed E-state index contributed by atoms with van der Waals surface area (Å²) in [7, 11) is 1.59. The van der Waals surface area contributed by atoms with Crippen LogP contribution in [-0.4, -0.2) is 48.3 Å². The molecule has 1 aromatic rings. The maximum absolute atomic E-state index is 11.3. The number of anilines is 1. The van der Waals surface area contributed by atoms with Gasteiger partial charge in [0.15, 0.2) is 0 Å². The molecular formula is C15H20N2O3. The number of methoxy groups -OCH3 is 1. The fourth-order valence-electron chi connectivity index (χ4n) is 3.41. The van der Waals surface area contributed by atoms with Crippen molar-refractivity contribution < 1.29 is 14.6 Å². The number of carboxylic acid groups (broad SMARTS) is 1. The van der Waals surface area contributed by atoms with E-state index in [-0.39, 0.29) is 0 Å². The number of hydrogen-bond donors (Lipinski definition) is 2. The van der Waals surface area contributed by atoms with E-state index in [2.05, 4.69) is 10.2 Å². The second-order valence-electron chi connectivity index (χ2n) is 5.50. The van der Waals surface area contributed by atoms with Crippen molar-refractivity contribution in [2.24, 2.45) is 0 Å². The van der Waals surface area contributed by atoms with Crippen molar-refractivity contribution >= 4 is 11.7 Å². The van der Waals surface area contributed by atoms with Crippen LogP contribution in [-0.2, 0) is 0 Å². The Morgan fingerprint density at radius 1 is 1.40 bits per heavy atom. The molecule has 1 aromatic carbocycles. The number of nitrogens with one attached hydrogen (secondary N) is 1. The van der Waals surface area contributed by atoms with Crippen LogP contribution in [0.5, 0.6) is 5.75 Å². The summed E-state index contributed by atoms with van der Waals surface area (Å²) >= 11 is 0. The molecule has 20 heavy (non-hydrogen) atoms. The highest BCUT2D eigenvalue weighted by Crippen LogP contribution is 2.32. The third-order valence-corrected chi connectivity index (χ3v) is 4.40. The van der Waals surface area contributed by atoms with Crippen molar-refractivity contribution in [3.63, 3.8) is 0 Å². The minimum Gasteiger partial charge on any atom is -0.497 e. The van der Waals surface area contributed by atoms with Gasteiger partial charge in [-0.05, 0) is 37.9 Å². The minimum atomic E-state index is -0.906. The number of carbonyl (C=O) groups is 1. The first-order valence-corrected chi connectivity index (χ1v) is 7.11. The lowest BCUT2D eigenvalue weighted by Crippen LogP contribution is -2.34. The summed E-state index contributed by atoms with van der Waals surface area (Å²) in [6.45, 7) is 2.28. The Hall–Kier alpha value is -1.75. The summed E-state index contributed by atoms with van der Waals surface area (Å²) < 4.78 is 5.20. The van der Waals surface area contributed by atoms with Crippen molar-refractivity contribution in [3.05, 3.63) is 23.8 Å². The molecule has 2 aliphatic heterocycles. The van der Waals surface area contributed by atoms with Gasteiger partial charge in [0.2, 0.25) is 0 Å². The first kappa shape index (κ1) is 13.2. The number of hydrogen-bond acceptors (Lipinski definition) is 4. The van der Waals surface area contributed by atoms with E-state index in [1.807, 2.05) is 0 Å². The first-order chi connectivity index (χ1) is 9.69. The van der Waals surface area contributed by atoms with E-state index < -0.39 is 5.97 Å². The van der Waals surface area contributed by atoms with Crippen LogP contribution in [0.4, 0.5) is 5.69 Å². The van der Waals surface area contributed by atoms with Crippen LogP contribution < -0.4 is 10.1 Å². The van der Waals surface area contributed by atoms with E-state index in [4.69, 9.17) is 4.74 Å². The molecule has 3 rings (SSSR count). The summed E-state index contributed by atoms with van der Waals surface area (Å²) in [6, 6.07) is 5.95. The average Bonchev–Trinajstić information content (AvgIpc) is 3.03. The van der Waals surface area contributed by atoms with Gasteiger partial charge < -0.3 is 15.2 Å². The van der Waals surface area contributed by atoms with Gasteiger partial charge in [-0.15, -0.1) is 0 Å². The normalized spacial score (nSPS) is 25.4. The number of ether oxygens (including phenoxy) is 1. The molecule has 0 amide bonds. The van der Waals surface area contributed by atoms with Gasteiger partial charge in [0.05, 0.1) is 18.4 Å². The van der Waals surface area contributed by atoms with E-state index >= 15 is 0 Å². The molecule has 0 aromatic heterocycles. The third kappa shape index (κ3) is 2.33. The molecular weight excluding hydrogens is 256 g/mol. The molecule has 0 spiro atoms. The van der Waals surface area contributed by atoms with Crippen LogP contribution in [0.3, 0.4) is 0 Å². The molecule has 2 heterocycles. The van der Waals surface area contributed by atoms with Gasteiger partial charge in [-0.1, -0.05) is 0 Å². The Labute approximate surface area is 118 Å². The van der Waals surface area contributed by atoms with Crippen LogP contribution in [0.1, 0.15) is 29.6 Å². The van der Waals surface area contributed by atoms with Crippen molar-refractivity contribution in [1.29, 1.82) is 0 Å². The van der Waals surface area contributed by atoms with Crippen LogP contribution in [0.2, 0.25) is 0 Å². The van der Waals surface area contributed by atoms with Crippen LogP contribution in [0, 0.1) is 0 Å². The Morgan fingerprint density at radius 2 is 2.25 bits per heavy atom. The third-order valence-electron chi connectivity index (χ3n) is 4.40. The van der Waals surface area contributed by atoms with E-state index in [0.717, 1.165) is 13.0 Å². The molecule has 0 radical (unpaired) electrons. The van der Waals surface area contributed by atoms with Crippen molar-refractivity contribution in [2.75, 3.05) is 25.5 Å². The summed E-state index contributed by atoms with van der Waals surface area (Å²) in [6.07, 6.45) is 3.51. The molecule has 2 unspecified atom stereocenters. The van der Waals surface area contributed by atoms with Gasteiger partial charge in [0.1, 0.15) is 5.75 Å². The topological polar surface area (TPSA) is 61.8 Å². The highest BCUT2D eigenvalue weighted by Gasteiger charge is 2.37. The lowest BCUT2D eigenvalue weighted by Gasteiger charge is -2.23. The van der Waals surface area contributed by atoms with Gasteiger partial charge in [-0.25, -0.2) is 4.79 Å². The Balaban J connectivity index is 1.83. The fourth-order valence-corrected chi connectivity index (χ4v) is 3.41. The minimum absolute atomic E-state index is 0.308. The largest absolute Gasteiger partial charge is 0.497 e. The second kappa shape index (κ2) is 5.32. The van der Waals surface area contributed by atoms with Gasteiger partial charge >= 0.3 is 5.97 Å². The highest BCUT2D eigenvalue weighted by atomic mass is 16.5. The monoisotopic (exact) mass is 276 g/mol. The van der Waals surface area contributed by atoms with Crippen LogP contribution >= 0.6 is 0 Å². The standard InChI is InChI=1S/C15H20N2O3/c1-20-10-4-5-11(15(18)19)13(9-10)16-12-6-8-17-7-2-3-14(12)17/h4-5,9,12,14,16H,2-3,6-8H2,1H3,(H,18,19). The smallest absolute Gasteiger partial charge is 0.337 e. The molecule has 2 saturated heterocycles. The molecule has 0 bridgehead atoms. The Morgan fingerprint density at radius 3 is 3.00 bits per heavy atom. The van der Waals surface area contributed by atoms with E-state index in [0.29, 0.717) is 29.1 Å². The number of rotatable bonds is 4. The molecule has 2 fully saturated rings. The molecule has 5 heteroatoms. The zero-order chi connectivity index (χ0) is 14.1. The molecule has 5 nitrogen and oxygen atoms in total. The number of aromatic carboxylic acids is 1. The number of benzene rings is 1. The average molecular weight is 276 g/mol. The van der Waals surface area contributed by atoms with E-state index in [1.165, 1.54) is 19.4 Å². The van der Waals surface area contributed by atoms with Gasteiger partial charge in [0, 0.05) is 24.7 Å². The summed E-state index contributed by atoms with van der Waals surface area (Å²) in [5.74, 6) is -0.227. The van der Waals surface area contributed by atoms with Gasteiger partial charge in [0.25, 0.3) is 0 Å². The predicted molar refractivity (Wildman–Crippen MR) is 76.6 cm³/mol. The first-order valence-electron chi connectivity index (χ1n) is 7.11. The Kier molecular flexibility index (Phi) is 3.53. The molecule has 108 valence electrons. The summed E-state index contributed by atoms with van der Waals surface area (Å²) in [5, 5.41) is 12.7. The highest BCUT2D eigenvalue weighted by molar-refractivity contribution is 5.94.